The molecule has 0 amide bonds. The van der Waals surface area contributed by atoms with Crippen molar-refractivity contribution < 1.29 is 0 Å². The lowest BCUT2D eigenvalue weighted by molar-refractivity contribution is 0.652. The maximum Gasteiger partial charge on any atom is 0.0540 e. The third kappa shape index (κ3) is 5.61. The van der Waals surface area contributed by atoms with Gasteiger partial charge in [-0.25, -0.2) is 0 Å². The Kier molecular flexibility index (Phi) is 8.33. The summed E-state index contributed by atoms with van der Waals surface area (Å²) in [6.45, 7) is 9.68. The van der Waals surface area contributed by atoms with E-state index in [0.29, 0.717) is 0 Å². The van der Waals surface area contributed by atoms with Crippen LogP contribution in [0.5, 0.6) is 0 Å². The molecular formula is C64H48N2. The zero-order valence-corrected chi connectivity index (χ0v) is 37.7. The summed E-state index contributed by atoms with van der Waals surface area (Å²) < 4.78 is 0. The molecule has 13 rings (SSSR count). The van der Waals surface area contributed by atoms with Gasteiger partial charge in [-0.2, -0.15) is 0 Å². The van der Waals surface area contributed by atoms with E-state index in [1.54, 1.807) is 0 Å². The second kappa shape index (κ2) is 14.3. The average Bonchev–Trinajstić information content (AvgIpc) is 3.71. The minimum Gasteiger partial charge on any atom is -0.309 e. The molecule has 0 heterocycles. The van der Waals surface area contributed by atoms with E-state index in [9.17, 15) is 0 Å². The molecule has 0 saturated carbocycles. The summed E-state index contributed by atoms with van der Waals surface area (Å²) in [7, 11) is 0. The van der Waals surface area contributed by atoms with Crippen molar-refractivity contribution in [3.8, 4) is 22.3 Å². The fourth-order valence-corrected chi connectivity index (χ4v) is 11.6. The molecular weight excluding hydrogens is 797 g/mol. The molecule has 0 bridgehead atoms. The van der Waals surface area contributed by atoms with Crippen LogP contribution in [0.3, 0.4) is 0 Å². The highest BCUT2D eigenvalue weighted by atomic mass is 15.2. The van der Waals surface area contributed by atoms with Crippen molar-refractivity contribution in [2.75, 3.05) is 9.80 Å². The van der Waals surface area contributed by atoms with Crippen molar-refractivity contribution in [1.29, 1.82) is 0 Å². The Balaban J connectivity index is 0.951. The number of rotatable bonds is 6. The Bertz CT molecular complexity index is 3370. The molecule has 0 radical (unpaired) electrons. The van der Waals surface area contributed by atoms with Crippen LogP contribution >= 0.6 is 0 Å². The van der Waals surface area contributed by atoms with Crippen molar-refractivity contribution in [3.05, 3.63) is 241 Å². The average molecular weight is 845 g/mol. The van der Waals surface area contributed by atoms with Crippen molar-refractivity contribution in [3.63, 3.8) is 0 Å². The second-order valence-electron chi connectivity index (χ2n) is 19.3. The Morgan fingerprint density at radius 2 is 0.530 bits per heavy atom. The molecule has 11 aromatic carbocycles. The van der Waals surface area contributed by atoms with Crippen molar-refractivity contribution in [2.45, 2.75) is 38.5 Å². The second-order valence-corrected chi connectivity index (χ2v) is 19.3. The molecule has 0 saturated heterocycles. The third-order valence-electron chi connectivity index (χ3n) is 15.0. The molecule has 2 nitrogen and oxygen atoms in total. The first-order valence-corrected chi connectivity index (χ1v) is 23.3. The molecule has 0 spiro atoms. The number of benzene rings is 11. The largest absolute Gasteiger partial charge is 0.309 e. The first-order valence-electron chi connectivity index (χ1n) is 23.3. The van der Waals surface area contributed by atoms with Gasteiger partial charge in [0.2, 0.25) is 0 Å². The first-order chi connectivity index (χ1) is 32.3. The predicted octanol–water partition coefficient (Wildman–Crippen LogP) is 17.9. The van der Waals surface area contributed by atoms with Crippen LogP contribution in [0.1, 0.15) is 49.9 Å². The fourth-order valence-electron chi connectivity index (χ4n) is 11.6. The van der Waals surface area contributed by atoms with E-state index in [1.165, 1.54) is 110 Å². The number of anilines is 6. The van der Waals surface area contributed by atoms with Gasteiger partial charge in [0.05, 0.1) is 22.7 Å². The van der Waals surface area contributed by atoms with E-state index < -0.39 is 0 Å². The topological polar surface area (TPSA) is 6.48 Å². The number of hydrogen-bond donors (Lipinski definition) is 0. The van der Waals surface area contributed by atoms with Crippen LogP contribution in [-0.4, -0.2) is 0 Å². The van der Waals surface area contributed by atoms with Crippen LogP contribution in [0.2, 0.25) is 0 Å². The minimum absolute atomic E-state index is 0.231. The zero-order valence-electron chi connectivity index (χ0n) is 37.7. The van der Waals surface area contributed by atoms with Gasteiger partial charge < -0.3 is 9.80 Å². The van der Waals surface area contributed by atoms with E-state index in [1.807, 2.05) is 0 Å². The number of nitrogens with zero attached hydrogens (tertiary/aromatic N) is 2. The van der Waals surface area contributed by atoms with Crippen LogP contribution in [0, 0.1) is 0 Å². The van der Waals surface area contributed by atoms with Crippen LogP contribution < -0.4 is 9.80 Å². The van der Waals surface area contributed by atoms with Crippen molar-refractivity contribution >= 4 is 77.2 Å². The summed E-state index contributed by atoms with van der Waals surface area (Å²) in [5, 5.41) is 9.84. The van der Waals surface area contributed by atoms with E-state index in [-0.39, 0.29) is 10.8 Å². The third-order valence-corrected chi connectivity index (χ3v) is 15.0. The van der Waals surface area contributed by atoms with Crippen LogP contribution in [0.25, 0.3) is 65.3 Å². The van der Waals surface area contributed by atoms with Crippen LogP contribution in [0.15, 0.2) is 218 Å². The van der Waals surface area contributed by atoms with Gasteiger partial charge in [0.15, 0.2) is 0 Å². The summed E-state index contributed by atoms with van der Waals surface area (Å²) in [4.78, 5) is 4.97. The SMILES string of the molecule is CC1(C)c2cc(N(c3cccc4ccccc34)c3cccc4ccccc34)ccc2-c2cc3c(cc21)-c1ccc(N(c2cccc4ccccc24)c2cccc4ccccc24)cc1C3(C)C. The Hall–Kier alpha value is -7.94. The first kappa shape index (κ1) is 38.5. The highest BCUT2D eigenvalue weighted by molar-refractivity contribution is 6.07. The van der Waals surface area contributed by atoms with Gasteiger partial charge in [-0.3, -0.25) is 0 Å². The molecule has 2 heteroatoms. The number of hydrogen-bond acceptors (Lipinski definition) is 2. The van der Waals surface area contributed by atoms with E-state index >= 15 is 0 Å². The highest BCUT2D eigenvalue weighted by Crippen LogP contribution is 2.58. The molecule has 0 unspecified atom stereocenters. The maximum absolute atomic E-state index is 2.54. The van der Waals surface area contributed by atoms with Gasteiger partial charge in [0, 0.05) is 43.7 Å². The van der Waals surface area contributed by atoms with Crippen LogP contribution in [-0.2, 0) is 10.8 Å². The van der Waals surface area contributed by atoms with Gasteiger partial charge >= 0.3 is 0 Å². The van der Waals surface area contributed by atoms with Gasteiger partial charge in [-0.05, 0) is 127 Å². The Morgan fingerprint density at radius 1 is 0.258 bits per heavy atom. The predicted molar refractivity (Wildman–Crippen MR) is 281 cm³/mol. The Labute approximate surface area is 386 Å². The molecule has 0 aliphatic heterocycles. The van der Waals surface area contributed by atoms with Gasteiger partial charge in [0.1, 0.15) is 0 Å². The lowest BCUT2D eigenvalue weighted by atomic mass is 9.79. The summed E-state index contributed by atoms with van der Waals surface area (Å²) in [6, 6.07) is 81.3. The molecule has 0 fully saturated rings. The van der Waals surface area contributed by atoms with E-state index in [0.717, 1.165) is 11.4 Å². The Morgan fingerprint density at radius 3 is 0.848 bits per heavy atom. The summed E-state index contributed by atoms with van der Waals surface area (Å²) in [5.74, 6) is 0. The standard InChI is InChI=1S/C64H48N2/c1-63(2)55-37-45(65(59-29-13-21-41-17-5-9-25-47(41)59)60-30-14-22-42-18-6-10-26-48(42)60)33-35-51(55)53-40-58-54(39-57(53)63)52-36-34-46(38-56(52)64(58,3)4)66(61-31-15-23-43-19-7-11-27-49(43)61)62-32-16-24-44-20-8-12-28-50(44)62/h5-40H,1-4H3. The molecule has 66 heavy (non-hydrogen) atoms. The summed E-state index contributed by atoms with van der Waals surface area (Å²) in [5.41, 5.74) is 17.4. The summed E-state index contributed by atoms with van der Waals surface area (Å²) >= 11 is 0. The van der Waals surface area contributed by atoms with Gasteiger partial charge in [-0.1, -0.05) is 185 Å². The van der Waals surface area contributed by atoms with Crippen LogP contribution in [0.4, 0.5) is 34.1 Å². The smallest absolute Gasteiger partial charge is 0.0540 e. The molecule has 2 aliphatic carbocycles. The normalized spacial score (nSPS) is 14.0. The van der Waals surface area contributed by atoms with Crippen molar-refractivity contribution in [1.82, 2.24) is 0 Å². The number of fused-ring (bicyclic) bond motifs is 10. The maximum atomic E-state index is 2.54. The lowest BCUT2D eigenvalue weighted by Crippen LogP contribution is -2.18. The lowest BCUT2D eigenvalue weighted by Gasteiger charge is -2.30. The van der Waals surface area contributed by atoms with Gasteiger partial charge in [-0.15, -0.1) is 0 Å². The molecule has 2 aliphatic rings. The highest BCUT2D eigenvalue weighted by Gasteiger charge is 2.42. The molecule has 0 atom stereocenters. The van der Waals surface area contributed by atoms with E-state index in [4.69, 9.17) is 0 Å². The van der Waals surface area contributed by atoms with Crippen molar-refractivity contribution in [2.24, 2.45) is 0 Å². The quantitative estimate of drug-likeness (QED) is 0.165. The summed E-state index contributed by atoms with van der Waals surface area (Å²) in [6.07, 6.45) is 0. The zero-order chi connectivity index (χ0) is 44.3. The van der Waals surface area contributed by atoms with Gasteiger partial charge in [0.25, 0.3) is 0 Å². The molecule has 314 valence electrons. The minimum atomic E-state index is -0.231. The molecule has 11 aromatic rings. The monoisotopic (exact) mass is 844 g/mol. The fraction of sp³-hybridized carbons (Fsp3) is 0.0938. The molecule has 0 N–H and O–H groups in total. The molecule has 0 aromatic heterocycles. The van der Waals surface area contributed by atoms with E-state index in [2.05, 4.69) is 256 Å².